The quantitative estimate of drug-likeness (QED) is 0.780. The first-order valence-corrected chi connectivity index (χ1v) is 6.41. The summed E-state index contributed by atoms with van der Waals surface area (Å²) in [6.07, 6.45) is 1.02. The van der Waals surface area contributed by atoms with Crippen LogP contribution in [0, 0.1) is 11.6 Å². The molecule has 0 fully saturated rings. The number of carboxylic acid groups (broad SMARTS) is 1. The number of aromatic nitrogens is 3. The Bertz CT molecular complexity index is 922. The highest BCUT2D eigenvalue weighted by molar-refractivity contribution is 7.11. The maximum Gasteiger partial charge on any atom is 0.341 e. The molecule has 2 aromatic heterocycles. The van der Waals surface area contributed by atoms with Crippen molar-refractivity contribution in [2.75, 3.05) is 0 Å². The summed E-state index contributed by atoms with van der Waals surface area (Å²) in [4.78, 5) is 23.2. The van der Waals surface area contributed by atoms with Crippen molar-refractivity contribution in [1.82, 2.24) is 14.8 Å². The first kappa shape index (κ1) is 13.3. The number of pyridine rings is 1. The SMILES string of the molecule is O=C(O)c1cn(-c2nncs2)c2cc(F)c(F)cc2c1=O. The van der Waals surface area contributed by atoms with Crippen molar-refractivity contribution >= 4 is 28.2 Å². The summed E-state index contributed by atoms with van der Waals surface area (Å²) in [6, 6.07) is 1.50. The van der Waals surface area contributed by atoms with Gasteiger partial charge in [0.1, 0.15) is 11.1 Å². The molecule has 2 heterocycles. The zero-order valence-corrected chi connectivity index (χ0v) is 10.9. The van der Waals surface area contributed by atoms with Crippen LogP contribution in [0.5, 0.6) is 0 Å². The Labute approximate surface area is 118 Å². The van der Waals surface area contributed by atoms with E-state index in [0.717, 1.165) is 23.6 Å². The number of fused-ring (bicyclic) bond motifs is 1. The molecule has 0 aliphatic carbocycles. The topological polar surface area (TPSA) is 85.1 Å². The molecule has 0 saturated carbocycles. The third-order valence-corrected chi connectivity index (χ3v) is 3.52. The molecule has 3 rings (SSSR count). The predicted molar refractivity (Wildman–Crippen MR) is 69.9 cm³/mol. The lowest BCUT2D eigenvalue weighted by molar-refractivity contribution is 0.0695. The lowest BCUT2D eigenvalue weighted by Crippen LogP contribution is -2.18. The highest BCUT2D eigenvalue weighted by Gasteiger charge is 2.18. The van der Waals surface area contributed by atoms with E-state index in [1.165, 1.54) is 10.1 Å². The fourth-order valence-corrected chi connectivity index (χ4v) is 2.45. The van der Waals surface area contributed by atoms with Crippen LogP contribution in [0.1, 0.15) is 10.4 Å². The number of benzene rings is 1. The van der Waals surface area contributed by atoms with Crippen molar-refractivity contribution in [2.45, 2.75) is 0 Å². The van der Waals surface area contributed by atoms with Crippen molar-refractivity contribution in [2.24, 2.45) is 0 Å². The fourth-order valence-electron chi connectivity index (χ4n) is 1.90. The van der Waals surface area contributed by atoms with Crippen LogP contribution in [0.15, 0.2) is 28.6 Å². The van der Waals surface area contributed by atoms with Gasteiger partial charge in [-0.15, -0.1) is 10.2 Å². The molecule has 0 saturated heterocycles. The highest BCUT2D eigenvalue weighted by atomic mass is 32.1. The average Bonchev–Trinajstić information content (AvgIpc) is 2.95. The highest BCUT2D eigenvalue weighted by Crippen LogP contribution is 2.21. The lowest BCUT2D eigenvalue weighted by Gasteiger charge is -2.09. The molecule has 0 bridgehead atoms. The van der Waals surface area contributed by atoms with E-state index in [9.17, 15) is 18.4 Å². The second-order valence-corrected chi connectivity index (χ2v) is 4.86. The number of aromatic carboxylic acids is 1. The van der Waals surface area contributed by atoms with E-state index in [1.54, 1.807) is 0 Å². The van der Waals surface area contributed by atoms with E-state index >= 15 is 0 Å². The fraction of sp³-hybridized carbons (Fsp3) is 0. The smallest absolute Gasteiger partial charge is 0.341 e. The zero-order chi connectivity index (χ0) is 15.1. The lowest BCUT2D eigenvalue weighted by atomic mass is 10.1. The Hall–Kier alpha value is -2.68. The molecule has 6 nitrogen and oxygen atoms in total. The Balaban J connectivity index is 2.51. The number of carbonyl (C=O) groups is 1. The number of rotatable bonds is 2. The molecular formula is C12H5F2N3O3S. The Kier molecular flexibility index (Phi) is 2.98. The van der Waals surface area contributed by atoms with Crippen LogP contribution >= 0.6 is 11.3 Å². The van der Waals surface area contributed by atoms with E-state index in [1.807, 2.05) is 0 Å². The molecule has 1 N–H and O–H groups in total. The molecule has 21 heavy (non-hydrogen) atoms. The first-order valence-electron chi connectivity index (χ1n) is 5.53. The van der Waals surface area contributed by atoms with Crippen molar-refractivity contribution in [3.05, 3.63) is 51.3 Å². The minimum atomic E-state index is -1.47. The van der Waals surface area contributed by atoms with Crippen LogP contribution in [-0.4, -0.2) is 25.8 Å². The molecule has 0 aliphatic rings. The van der Waals surface area contributed by atoms with Gasteiger partial charge >= 0.3 is 5.97 Å². The van der Waals surface area contributed by atoms with Gasteiger partial charge in [0.15, 0.2) is 11.6 Å². The number of carboxylic acids is 1. The van der Waals surface area contributed by atoms with Crippen molar-refractivity contribution in [3.63, 3.8) is 0 Å². The summed E-state index contributed by atoms with van der Waals surface area (Å²) in [6.45, 7) is 0. The minimum absolute atomic E-state index is 0.0145. The molecule has 106 valence electrons. The summed E-state index contributed by atoms with van der Waals surface area (Å²) in [5, 5.41) is 16.4. The van der Waals surface area contributed by atoms with Crippen molar-refractivity contribution in [3.8, 4) is 5.13 Å². The summed E-state index contributed by atoms with van der Waals surface area (Å²) in [5.74, 6) is -3.85. The third kappa shape index (κ3) is 2.07. The Morgan fingerprint density at radius 3 is 2.62 bits per heavy atom. The van der Waals surface area contributed by atoms with Gasteiger partial charge in [0.2, 0.25) is 10.6 Å². The first-order chi connectivity index (χ1) is 9.99. The Morgan fingerprint density at radius 2 is 2.00 bits per heavy atom. The van der Waals surface area contributed by atoms with Gasteiger partial charge in [-0.3, -0.25) is 9.36 Å². The zero-order valence-electron chi connectivity index (χ0n) is 10.1. The van der Waals surface area contributed by atoms with E-state index in [0.29, 0.717) is 6.07 Å². The summed E-state index contributed by atoms with van der Waals surface area (Å²) in [7, 11) is 0. The molecule has 0 radical (unpaired) electrons. The van der Waals surface area contributed by atoms with E-state index in [-0.39, 0.29) is 16.0 Å². The van der Waals surface area contributed by atoms with Gasteiger partial charge in [-0.25, -0.2) is 13.6 Å². The largest absolute Gasteiger partial charge is 0.477 e. The molecule has 0 unspecified atom stereocenters. The number of nitrogens with zero attached hydrogens (tertiary/aromatic N) is 3. The number of hydrogen-bond donors (Lipinski definition) is 1. The molecule has 0 aliphatic heterocycles. The molecular weight excluding hydrogens is 304 g/mol. The van der Waals surface area contributed by atoms with Crippen LogP contribution in [0.25, 0.3) is 16.0 Å². The van der Waals surface area contributed by atoms with Crippen LogP contribution in [0.2, 0.25) is 0 Å². The summed E-state index contributed by atoms with van der Waals surface area (Å²) < 4.78 is 28.0. The molecule has 0 amide bonds. The van der Waals surface area contributed by atoms with Crippen LogP contribution in [0.4, 0.5) is 8.78 Å². The molecule has 0 atom stereocenters. The molecule has 3 aromatic rings. The van der Waals surface area contributed by atoms with E-state index < -0.39 is 28.6 Å². The van der Waals surface area contributed by atoms with Crippen LogP contribution in [0.3, 0.4) is 0 Å². The van der Waals surface area contributed by atoms with Gasteiger partial charge in [-0.2, -0.15) is 0 Å². The normalized spacial score (nSPS) is 11.0. The average molecular weight is 309 g/mol. The standard InChI is InChI=1S/C12H5F2N3O3S/c13-7-1-5-9(2-8(7)14)17(12-16-15-4-21-12)3-6(10(5)18)11(19)20/h1-4H,(H,19,20). The molecule has 9 heteroatoms. The third-order valence-electron chi connectivity index (χ3n) is 2.83. The maximum absolute atomic E-state index is 13.4. The van der Waals surface area contributed by atoms with Crippen molar-refractivity contribution in [1.29, 1.82) is 0 Å². The summed E-state index contributed by atoms with van der Waals surface area (Å²) >= 11 is 1.06. The van der Waals surface area contributed by atoms with Gasteiger partial charge in [-0.1, -0.05) is 11.3 Å². The number of halogens is 2. The monoisotopic (exact) mass is 309 g/mol. The van der Waals surface area contributed by atoms with Gasteiger partial charge < -0.3 is 5.11 Å². The predicted octanol–water partition coefficient (Wildman–Crippen LogP) is 1.82. The molecule has 0 spiro atoms. The van der Waals surface area contributed by atoms with Gasteiger partial charge in [-0.05, 0) is 6.07 Å². The van der Waals surface area contributed by atoms with Gasteiger partial charge in [0.25, 0.3) is 0 Å². The van der Waals surface area contributed by atoms with E-state index in [4.69, 9.17) is 5.11 Å². The Morgan fingerprint density at radius 1 is 1.29 bits per heavy atom. The second kappa shape index (κ2) is 4.70. The summed E-state index contributed by atoms with van der Waals surface area (Å²) in [5.41, 5.74) is -0.0545. The van der Waals surface area contributed by atoms with Gasteiger partial charge in [0, 0.05) is 12.3 Å². The van der Waals surface area contributed by atoms with Crippen molar-refractivity contribution < 1.29 is 18.7 Å². The molecule has 1 aromatic carbocycles. The van der Waals surface area contributed by atoms with E-state index in [2.05, 4.69) is 10.2 Å². The van der Waals surface area contributed by atoms with Crippen LogP contribution < -0.4 is 5.43 Å². The maximum atomic E-state index is 13.4. The number of hydrogen-bond acceptors (Lipinski definition) is 5. The van der Waals surface area contributed by atoms with Crippen LogP contribution in [-0.2, 0) is 0 Å². The minimum Gasteiger partial charge on any atom is -0.477 e. The second-order valence-electron chi connectivity index (χ2n) is 4.05. The van der Waals surface area contributed by atoms with Gasteiger partial charge in [0.05, 0.1) is 10.9 Å².